The molecule has 3 atom stereocenters. The topological polar surface area (TPSA) is 27.7 Å². The fourth-order valence-corrected chi connectivity index (χ4v) is 3.56. The average Bonchev–Trinajstić information content (AvgIpc) is 2.21. The molecule has 0 amide bonds. The van der Waals surface area contributed by atoms with Gasteiger partial charge in [0.2, 0.25) is 0 Å². The van der Waals surface area contributed by atoms with Crippen LogP contribution in [-0.2, 0) is 13.9 Å². The molecule has 0 unspecified atom stereocenters. The molecule has 0 spiro atoms. The minimum absolute atomic E-state index is 0.199. The van der Waals surface area contributed by atoms with Crippen molar-refractivity contribution >= 4 is 8.32 Å². The van der Waals surface area contributed by atoms with E-state index in [2.05, 4.69) is 33.1 Å². The Labute approximate surface area is 119 Å². The summed E-state index contributed by atoms with van der Waals surface area (Å²) in [7, 11) is -1.53. The third kappa shape index (κ3) is 6.21. The molecule has 0 bridgehead atoms. The highest BCUT2D eigenvalue weighted by Crippen LogP contribution is 2.30. The van der Waals surface area contributed by atoms with Crippen LogP contribution in [0.2, 0.25) is 19.6 Å². The first-order chi connectivity index (χ1) is 8.63. The van der Waals surface area contributed by atoms with Crippen molar-refractivity contribution < 1.29 is 13.9 Å². The van der Waals surface area contributed by atoms with Crippen molar-refractivity contribution in [3.8, 4) is 0 Å². The Hall–Kier alpha value is -0.163. The van der Waals surface area contributed by atoms with E-state index in [0.717, 1.165) is 19.4 Å². The van der Waals surface area contributed by atoms with Gasteiger partial charge in [-0.3, -0.25) is 0 Å². The van der Waals surface area contributed by atoms with Crippen LogP contribution >= 0.6 is 0 Å². The maximum Gasteiger partial charge on any atom is 0.184 e. The van der Waals surface area contributed by atoms with Crippen LogP contribution in [0.4, 0.5) is 0 Å². The Bertz CT molecular complexity index is 296. The van der Waals surface area contributed by atoms with Gasteiger partial charge in [0.1, 0.15) is 0 Å². The van der Waals surface area contributed by atoms with E-state index in [9.17, 15) is 0 Å². The van der Waals surface area contributed by atoms with Gasteiger partial charge in [0, 0.05) is 5.92 Å². The van der Waals surface area contributed by atoms with Crippen LogP contribution < -0.4 is 0 Å². The van der Waals surface area contributed by atoms with Crippen LogP contribution in [0.5, 0.6) is 0 Å². The number of hydrogen-bond donors (Lipinski definition) is 0. The second-order valence-electron chi connectivity index (χ2n) is 6.96. The Kier molecular flexibility index (Phi) is 5.80. The van der Waals surface area contributed by atoms with Crippen molar-refractivity contribution in [2.45, 2.75) is 71.2 Å². The molecule has 1 aliphatic rings. The fraction of sp³-hybridized carbons (Fsp3) is 0.867. The van der Waals surface area contributed by atoms with E-state index in [-0.39, 0.29) is 12.2 Å². The maximum atomic E-state index is 6.24. The van der Waals surface area contributed by atoms with Crippen molar-refractivity contribution in [1.29, 1.82) is 0 Å². The highest BCUT2D eigenvalue weighted by molar-refractivity contribution is 6.69. The molecule has 0 saturated carbocycles. The van der Waals surface area contributed by atoms with Crippen LogP contribution in [-0.4, -0.2) is 32.9 Å². The van der Waals surface area contributed by atoms with Gasteiger partial charge in [-0.25, -0.2) is 0 Å². The van der Waals surface area contributed by atoms with E-state index in [1.54, 1.807) is 0 Å². The zero-order chi connectivity index (χ0) is 14.7. The molecular weight excluding hydrogens is 256 g/mol. The van der Waals surface area contributed by atoms with Crippen LogP contribution in [0.3, 0.4) is 0 Å². The van der Waals surface area contributed by atoms with Crippen LogP contribution in [0, 0.1) is 5.92 Å². The summed E-state index contributed by atoms with van der Waals surface area (Å²) in [6.45, 7) is 17.4. The molecule has 1 fully saturated rings. The van der Waals surface area contributed by atoms with E-state index in [1.165, 1.54) is 0 Å². The second kappa shape index (κ2) is 6.53. The molecule has 0 N–H and O–H groups in total. The van der Waals surface area contributed by atoms with Crippen molar-refractivity contribution in [2.75, 3.05) is 6.61 Å². The standard InChI is InChI=1S/C15H30O3Si/c1-8-9-13(18-19(5,6)7)10-14-12(2)11-16-15(3,4)17-14/h8,12-14H,1,9-11H2,2-7H3/t12-,13+,14+/m1/s1. The third-order valence-electron chi connectivity index (χ3n) is 3.21. The van der Waals surface area contributed by atoms with E-state index >= 15 is 0 Å². The normalized spacial score (nSPS) is 28.9. The summed E-state index contributed by atoms with van der Waals surface area (Å²) in [5.74, 6) is -0.0692. The lowest BCUT2D eigenvalue weighted by molar-refractivity contribution is -0.293. The Morgan fingerprint density at radius 2 is 2.05 bits per heavy atom. The Morgan fingerprint density at radius 3 is 2.58 bits per heavy atom. The summed E-state index contributed by atoms with van der Waals surface area (Å²) in [6, 6.07) is 0. The van der Waals surface area contributed by atoms with Gasteiger partial charge in [0.15, 0.2) is 14.1 Å². The third-order valence-corrected chi connectivity index (χ3v) is 4.25. The van der Waals surface area contributed by atoms with E-state index in [0.29, 0.717) is 5.92 Å². The highest BCUT2D eigenvalue weighted by atomic mass is 28.4. The molecule has 3 nitrogen and oxygen atoms in total. The van der Waals surface area contributed by atoms with Gasteiger partial charge in [0.25, 0.3) is 0 Å². The van der Waals surface area contributed by atoms with Gasteiger partial charge in [-0.1, -0.05) is 13.0 Å². The molecule has 19 heavy (non-hydrogen) atoms. The van der Waals surface area contributed by atoms with Crippen molar-refractivity contribution in [3.05, 3.63) is 12.7 Å². The fourth-order valence-electron chi connectivity index (χ4n) is 2.37. The van der Waals surface area contributed by atoms with Gasteiger partial charge in [-0.2, -0.15) is 0 Å². The van der Waals surface area contributed by atoms with Crippen LogP contribution in [0.15, 0.2) is 12.7 Å². The van der Waals surface area contributed by atoms with Gasteiger partial charge in [-0.15, -0.1) is 6.58 Å². The summed E-state index contributed by atoms with van der Waals surface area (Å²) in [5.41, 5.74) is 0. The first kappa shape index (κ1) is 16.9. The molecule has 112 valence electrons. The molecule has 0 aromatic heterocycles. The van der Waals surface area contributed by atoms with E-state index < -0.39 is 14.1 Å². The maximum absolute atomic E-state index is 6.24. The molecule has 1 heterocycles. The molecule has 0 radical (unpaired) electrons. The Balaban J connectivity index is 2.63. The number of ether oxygens (including phenoxy) is 2. The Morgan fingerprint density at radius 1 is 1.42 bits per heavy atom. The largest absolute Gasteiger partial charge is 0.414 e. The van der Waals surface area contributed by atoms with Crippen molar-refractivity contribution in [2.24, 2.45) is 5.92 Å². The zero-order valence-electron chi connectivity index (χ0n) is 13.4. The summed E-state index contributed by atoms with van der Waals surface area (Å²) in [5, 5.41) is 0. The predicted molar refractivity (Wildman–Crippen MR) is 81.7 cm³/mol. The molecule has 1 aliphatic heterocycles. The van der Waals surface area contributed by atoms with Crippen molar-refractivity contribution in [1.82, 2.24) is 0 Å². The monoisotopic (exact) mass is 286 g/mol. The molecule has 0 aromatic rings. The van der Waals surface area contributed by atoms with E-state index in [4.69, 9.17) is 13.9 Å². The van der Waals surface area contributed by atoms with E-state index in [1.807, 2.05) is 19.9 Å². The SMILES string of the molecule is C=CC[C@@H](C[C@@H]1OC(C)(C)OC[C@H]1C)O[Si](C)(C)C. The molecule has 1 saturated heterocycles. The minimum atomic E-state index is -1.53. The summed E-state index contributed by atoms with van der Waals surface area (Å²) in [6.07, 6.45) is 4.16. The molecule has 1 rings (SSSR count). The predicted octanol–water partition coefficient (Wildman–Crippen LogP) is 3.96. The lowest BCUT2D eigenvalue weighted by Crippen LogP contribution is -2.46. The van der Waals surface area contributed by atoms with Gasteiger partial charge in [-0.05, 0) is 46.3 Å². The quantitative estimate of drug-likeness (QED) is 0.546. The molecule has 0 aliphatic carbocycles. The smallest absolute Gasteiger partial charge is 0.184 e. The van der Waals surface area contributed by atoms with Gasteiger partial charge >= 0.3 is 0 Å². The summed E-state index contributed by atoms with van der Waals surface area (Å²) < 4.78 is 18.0. The highest BCUT2D eigenvalue weighted by Gasteiger charge is 2.36. The minimum Gasteiger partial charge on any atom is -0.414 e. The van der Waals surface area contributed by atoms with Crippen molar-refractivity contribution in [3.63, 3.8) is 0 Å². The molecule has 0 aromatic carbocycles. The first-order valence-corrected chi connectivity index (χ1v) is 10.6. The average molecular weight is 286 g/mol. The molecule has 4 heteroatoms. The van der Waals surface area contributed by atoms with Crippen LogP contribution in [0.1, 0.15) is 33.6 Å². The number of rotatable bonds is 6. The lowest BCUT2D eigenvalue weighted by atomic mass is 9.97. The zero-order valence-corrected chi connectivity index (χ0v) is 14.4. The summed E-state index contributed by atoms with van der Waals surface area (Å²) in [4.78, 5) is 0. The number of hydrogen-bond acceptors (Lipinski definition) is 3. The van der Waals surface area contributed by atoms with Gasteiger partial charge < -0.3 is 13.9 Å². The lowest BCUT2D eigenvalue weighted by Gasteiger charge is -2.41. The second-order valence-corrected chi connectivity index (χ2v) is 11.4. The first-order valence-electron chi connectivity index (χ1n) is 7.23. The van der Waals surface area contributed by atoms with Gasteiger partial charge in [0.05, 0.1) is 18.8 Å². The molecular formula is C15H30O3Si. The van der Waals surface area contributed by atoms with Crippen LogP contribution in [0.25, 0.3) is 0 Å². The summed E-state index contributed by atoms with van der Waals surface area (Å²) >= 11 is 0.